The second-order valence-corrected chi connectivity index (χ2v) is 8.14. The molecule has 0 bridgehead atoms. The van der Waals surface area contributed by atoms with Crippen molar-refractivity contribution in [3.63, 3.8) is 0 Å². The fourth-order valence-corrected chi connectivity index (χ4v) is 4.26. The minimum atomic E-state index is 0.416. The van der Waals surface area contributed by atoms with Crippen LogP contribution >= 0.6 is 0 Å². The molecule has 2 saturated heterocycles. The van der Waals surface area contributed by atoms with E-state index in [4.69, 9.17) is 0 Å². The van der Waals surface area contributed by atoms with Crippen molar-refractivity contribution in [3.8, 4) is 0 Å². The van der Waals surface area contributed by atoms with Crippen LogP contribution in [0.15, 0.2) is 0 Å². The topological polar surface area (TPSA) is 32.3 Å². The van der Waals surface area contributed by atoms with Gasteiger partial charge < -0.3 is 10.2 Å². The minimum absolute atomic E-state index is 0.416. The molecule has 0 aliphatic carbocycles. The second-order valence-electron chi connectivity index (χ2n) is 8.14. The molecule has 0 unspecified atom stereocenters. The van der Waals surface area contributed by atoms with Crippen molar-refractivity contribution in [1.29, 1.82) is 0 Å². The average molecular weight is 309 g/mol. The Morgan fingerprint density at radius 3 is 2.41 bits per heavy atom. The standard InChI is InChI=1S/C19H36N2O/c1-14(2)18-6-5-15(3)9-12-21(18)19(22)13-16(4)17-7-10-20-11-8-17/h14-18,20H,5-13H2,1-4H3/t15-,16-,18+/m1/s1. The SMILES string of the molecule is CC(C)[C@@H]1CC[C@@H](C)CCN1C(=O)C[C@@H](C)C1CCNCC1. The number of nitrogens with zero attached hydrogens (tertiary/aromatic N) is 1. The third kappa shape index (κ3) is 4.71. The molecule has 0 aromatic rings. The van der Waals surface area contributed by atoms with Gasteiger partial charge in [0.05, 0.1) is 0 Å². The number of rotatable bonds is 4. The fraction of sp³-hybridized carbons (Fsp3) is 0.947. The molecule has 2 rings (SSSR count). The van der Waals surface area contributed by atoms with Gasteiger partial charge in [-0.1, -0.05) is 27.7 Å². The molecule has 3 heteroatoms. The summed E-state index contributed by atoms with van der Waals surface area (Å²) in [5.41, 5.74) is 0. The number of hydrogen-bond donors (Lipinski definition) is 1. The molecule has 0 spiro atoms. The Balaban J connectivity index is 1.95. The second kappa shape index (κ2) is 8.33. The number of carbonyl (C=O) groups is 1. The van der Waals surface area contributed by atoms with Gasteiger partial charge in [0.15, 0.2) is 0 Å². The van der Waals surface area contributed by atoms with Gasteiger partial charge in [-0.15, -0.1) is 0 Å². The molecular formula is C19H36N2O. The third-order valence-corrected chi connectivity index (χ3v) is 5.99. The van der Waals surface area contributed by atoms with Crippen LogP contribution in [0.5, 0.6) is 0 Å². The molecule has 0 aromatic heterocycles. The quantitative estimate of drug-likeness (QED) is 0.859. The van der Waals surface area contributed by atoms with Crippen LogP contribution in [-0.2, 0) is 4.79 Å². The molecule has 2 aliphatic heterocycles. The first-order valence-corrected chi connectivity index (χ1v) is 9.49. The van der Waals surface area contributed by atoms with Crippen molar-refractivity contribution in [3.05, 3.63) is 0 Å². The molecule has 0 saturated carbocycles. The first-order valence-electron chi connectivity index (χ1n) is 9.49. The monoisotopic (exact) mass is 308 g/mol. The molecule has 1 N–H and O–H groups in total. The minimum Gasteiger partial charge on any atom is -0.339 e. The van der Waals surface area contributed by atoms with Crippen LogP contribution in [-0.4, -0.2) is 36.5 Å². The molecule has 2 fully saturated rings. The van der Waals surface area contributed by atoms with Crippen molar-refractivity contribution in [2.24, 2.45) is 23.7 Å². The van der Waals surface area contributed by atoms with E-state index in [1.165, 1.54) is 32.1 Å². The summed E-state index contributed by atoms with van der Waals surface area (Å²) >= 11 is 0. The maximum absolute atomic E-state index is 12.9. The maximum atomic E-state index is 12.9. The van der Waals surface area contributed by atoms with Gasteiger partial charge >= 0.3 is 0 Å². The summed E-state index contributed by atoms with van der Waals surface area (Å²) in [5.74, 6) is 3.01. The smallest absolute Gasteiger partial charge is 0.223 e. The highest BCUT2D eigenvalue weighted by molar-refractivity contribution is 5.76. The molecule has 3 atom stereocenters. The highest BCUT2D eigenvalue weighted by Gasteiger charge is 2.31. The number of likely N-dealkylation sites (tertiary alicyclic amines) is 1. The molecule has 2 aliphatic rings. The van der Waals surface area contributed by atoms with Gasteiger partial charge in [-0.05, 0) is 68.9 Å². The van der Waals surface area contributed by atoms with Gasteiger partial charge in [-0.3, -0.25) is 4.79 Å². The largest absolute Gasteiger partial charge is 0.339 e. The Hall–Kier alpha value is -0.570. The van der Waals surface area contributed by atoms with Gasteiger partial charge in [-0.2, -0.15) is 0 Å². The summed E-state index contributed by atoms with van der Waals surface area (Å²) in [7, 11) is 0. The number of amides is 1. The van der Waals surface area contributed by atoms with Crippen molar-refractivity contribution in [2.45, 2.75) is 72.3 Å². The van der Waals surface area contributed by atoms with Crippen LogP contribution < -0.4 is 5.32 Å². The summed E-state index contributed by atoms with van der Waals surface area (Å²) in [6, 6.07) is 0.456. The van der Waals surface area contributed by atoms with Crippen LogP contribution in [0.3, 0.4) is 0 Å². The Morgan fingerprint density at radius 2 is 1.77 bits per heavy atom. The Bertz CT molecular complexity index is 349. The van der Waals surface area contributed by atoms with E-state index in [0.717, 1.165) is 37.9 Å². The van der Waals surface area contributed by atoms with E-state index in [0.29, 0.717) is 23.8 Å². The van der Waals surface area contributed by atoms with E-state index in [-0.39, 0.29) is 0 Å². The molecular weight excluding hydrogens is 272 g/mol. The molecule has 1 amide bonds. The molecule has 3 nitrogen and oxygen atoms in total. The normalized spacial score (nSPS) is 29.4. The third-order valence-electron chi connectivity index (χ3n) is 5.99. The highest BCUT2D eigenvalue weighted by Crippen LogP contribution is 2.29. The van der Waals surface area contributed by atoms with Gasteiger partial charge in [0.1, 0.15) is 0 Å². The fourth-order valence-electron chi connectivity index (χ4n) is 4.26. The van der Waals surface area contributed by atoms with Crippen LogP contribution in [0.1, 0.15) is 66.2 Å². The van der Waals surface area contributed by atoms with E-state index in [2.05, 4.69) is 37.9 Å². The van der Waals surface area contributed by atoms with Crippen molar-refractivity contribution in [1.82, 2.24) is 10.2 Å². The van der Waals surface area contributed by atoms with Crippen molar-refractivity contribution < 1.29 is 4.79 Å². The lowest BCUT2D eigenvalue weighted by atomic mass is 9.83. The van der Waals surface area contributed by atoms with Crippen LogP contribution in [0.4, 0.5) is 0 Å². The predicted molar refractivity (Wildman–Crippen MR) is 92.7 cm³/mol. The number of hydrogen-bond acceptors (Lipinski definition) is 2. The van der Waals surface area contributed by atoms with Gasteiger partial charge in [-0.25, -0.2) is 0 Å². The summed E-state index contributed by atoms with van der Waals surface area (Å²) < 4.78 is 0. The molecule has 0 aromatic carbocycles. The van der Waals surface area contributed by atoms with Crippen molar-refractivity contribution >= 4 is 5.91 Å². The van der Waals surface area contributed by atoms with E-state index in [1.54, 1.807) is 0 Å². The van der Waals surface area contributed by atoms with E-state index in [1.807, 2.05) is 0 Å². The number of piperidine rings is 1. The molecule has 2 heterocycles. The molecule has 0 radical (unpaired) electrons. The zero-order valence-electron chi connectivity index (χ0n) is 15.1. The first kappa shape index (κ1) is 17.8. The lowest BCUT2D eigenvalue weighted by Gasteiger charge is -2.35. The van der Waals surface area contributed by atoms with Crippen molar-refractivity contribution in [2.75, 3.05) is 19.6 Å². The van der Waals surface area contributed by atoms with Gasteiger partial charge in [0.25, 0.3) is 0 Å². The van der Waals surface area contributed by atoms with E-state index >= 15 is 0 Å². The number of carbonyl (C=O) groups excluding carboxylic acids is 1. The van der Waals surface area contributed by atoms with Crippen LogP contribution in [0.25, 0.3) is 0 Å². The molecule has 22 heavy (non-hydrogen) atoms. The Kier molecular flexibility index (Phi) is 6.73. The zero-order chi connectivity index (χ0) is 16.1. The van der Waals surface area contributed by atoms with E-state index in [9.17, 15) is 4.79 Å². The molecule has 128 valence electrons. The summed E-state index contributed by atoms with van der Waals surface area (Å²) in [6.45, 7) is 12.4. The van der Waals surface area contributed by atoms with E-state index < -0.39 is 0 Å². The Labute approximate surface area is 137 Å². The average Bonchev–Trinajstić information content (AvgIpc) is 2.70. The number of nitrogens with one attached hydrogen (secondary N) is 1. The summed E-state index contributed by atoms with van der Waals surface area (Å²) in [4.78, 5) is 15.2. The van der Waals surface area contributed by atoms with Crippen LogP contribution in [0, 0.1) is 23.7 Å². The lowest BCUT2D eigenvalue weighted by molar-refractivity contribution is -0.135. The zero-order valence-corrected chi connectivity index (χ0v) is 15.1. The summed E-state index contributed by atoms with van der Waals surface area (Å²) in [5, 5.41) is 3.43. The van der Waals surface area contributed by atoms with Crippen LogP contribution in [0.2, 0.25) is 0 Å². The highest BCUT2D eigenvalue weighted by atomic mass is 16.2. The Morgan fingerprint density at radius 1 is 1.09 bits per heavy atom. The van der Waals surface area contributed by atoms with Gasteiger partial charge in [0, 0.05) is 19.0 Å². The maximum Gasteiger partial charge on any atom is 0.223 e. The summed E-state index contributed by atoms with van der Waals surface area (Å²) in [6.07, 6.45) is 6.86. The lowest BCUT2D eigenvalue weighted by Crippen LogP contribution is -2.44. The predicted octanol–water partition coefficient (Wildman–Crippen LogP) is 3.69. The first-order chi connectivity index (χ1) is 10.5. The van der Waals surface area contributed by atoms with Gasteiger partial charge in [0.2, 0.25) is 5.91 Å².